The summed E-state index contributed by atoms with van der Waals surface area (Å²) in [6.07, 6.45) is 2.15. The highest BCUT2D eigenvalue weighted by molar-refractivity contribution is 7.20. The monoisotopic (exact) mass is 287 g/mol. The first-order valence-electron chi connectivity index (χ1n) is 6.16. The highest BCUT2D eigenvalue weighted by atomic mass is 32.1. The molecule has 102 valence electrons. The lowest BCUT2D eigenvalue weighted by atomic mass is 10.2. The van der Waals surface area contributed by atoms with Crippen molar-refractivity contribution in [3.8, 4) is 5.13 Å². The van der Waals surface area contributed by atoms with Crippen LogP contribution >= 0.6 is 11.3 Å². The SMILES string of the molecule is NC(Cc1cccn1-c1nc2ccccc2s1)C(=O)O. The summed E-state index contributed by atoms with van der Waals surface area (Å²) in [6.45, 7) is 0. The van der Waals surface area contributed by atoms with Gasteiger partial charge < -0.3 is 10.8 Å². The van der Waals surface area contributed by atoms with E-state index in [1.807, 2.05) is 47.2 Å². The third-order valence-electron chi connectivity index (χ3n) is 3.07. The number of fused-ring (bicyclic) bond motifs is 1. The average Bonchev–Trinajstić information content (AvgIpc) is 3.03. The summed E-state index contributed by atoms with van der Waals surface area (Å²) in [5.74, 6) is -0.998. The normalized spacial score (nSPS) is 12.7. The van der Waals surface area contributed by atoms with E-state index in [2.05, 4.69) is 4.98 Å². The molecule has 1 unspecified atom stereocenters. The maximum absolute atomic E-state index is 10.9. The first-order valence-corrected chi connectivity index (χ1v) is 6.97. The largest absolute Gasteiger partial charge is 0.480 e. The van der Waals surface area contributed by atoms with Crippen LogP contribution in [0.15, 0.2) is 42.6 Å². The smallest absolute Gasteiger partial charge is 0.320 e. The van der Waals surface area contributed by atoms with Crippen LogP contribution in [0.3, 0.4) is 0 Å². The van der Waals surface area contributed by atoms with Gasteiger partial charge in [-0.05, 0) is 24.3 Å². The van der Waals surface area contributed by atoms with E-state index in [-0.39, 0.29) is 6.42 Å². The van der Waals surface area contributed by atoms with Gasteiger partial charge in [0.1, 0.15) is 6.04 Å². The molecule has 3 N–H and O–H groups in total. The maximum atomic E-state index is 10.9. The van der Waals surface area contributed by atoms with Gasteiger partial charge in [-0.15, -0.1) is 0 Å². The molecular weight excluding hydrogens is 274 g/mol. The molecule has 0 aliphatic heterocycles. The second kappa shape index (κ2) is 5.07. The Labute approximate surface area is 119 Å². The molecule has 0 spiro atoms. The number of thiazole rings is 1. The molecule has 2 aromatic heterocycles. The van der Waals surface area contributed by atoms with E-state index in [0.29, 0.717) is 0 Å². The van der Waals surface area contributed by atoms with Gasteiger partial charge in [0, 0.05) is 18.3 Å². The Balaban J connectivity index is 1.98. The zero-order chi connectivity index (χ0) is 14.1. The van der Waals surface area contributed by atoms with Crippen LogP contribution in [0.1, 0.15) is 5.69 Å². The molecule has 1 aromatic carbocycles. The van der Waals surface area contributed by atoms with Crippen LogP contribution in [-0.4, -0.2) is 26.7 Å². The lowest BCUT2D eigenvalue weighted by Gasteiger charge is -2.08. The topological polar surface area (TPSA) is 81.1 Å². The van der Waals surface area contributed by atoms with Crippen LogP contribution in [-0.2, 0) is 11.2 Å². The molecule has 0 saturated heterocycles. The summed E-state index contributed by atoms with van der Waals surface area (Å²) in [4.78, 5) is 15.4. The molecule has 2 heterocycles. The van der Waals surface area contributed by atoms with Crippen molar-refractivity contribution < 1.29 is 9.90 Å². The van der Waals surface area contributed by atoms with E-state index < -0.39 is 12.0 Å². The standard InChI is InChI=1S/C14H13N3O2S/c15-10(13(18)19)8-9-4-3-7-17(9)14-16-11-5-1-2-6-12(11)20-14/h1-7,10H,8,15H2,(H,18,19). The van der Waals surface area contributed by atoms with Crippen molar-refractivity contribution in [1.82, 2.24) is 9.55 Å². The zero-order valence-corrected chi connectivity index (χ0v) is 11.4. The maximum Gasteiger partial charge on any atom is 0.320 e. The number of aliphatic carboxylic acids is 1. The molecule has 0 radical (unpaired) electrons. The number of hydrogen-bond donors (Lipinski definition) is 2. The Morgan fingerprint density at radius 2 is 2.15 bits per heavy atom. The average molecular weight is 287 g/mol. The number of para-hydroxylation sites is 1. The highest BCUT2D eigenvalue weighted by Crippen LogP contribution is 2.26. The fourth-order valence-corrected chi connectivity index (χ4v) is 3.03. The summed E-state index contributed by atoms with van der Waals surface area (Å²) in [7, 11) is 0. The van der Waals surface area contributed by atoms with Gasteiger partial charge >= 0.3 is 5.97 Å². The molecule has 0 aliphatic rings. The zero-order valence-electron chi connectivity index (χ0n) is 10.6. The molecule has 0 aliphatic carbocycles. The van der Waals surface area contributed by atoms with Crippen molar-refractivity contribution in [3.63, 3.8) is 0 Å². The quantitative estimate of drug-likeness (QED) is 0.769. The van der Waals surface area contributed by atoms with Crippen molar-refractivity contribution in [2.45, 2.75) is 12.5 Å². The van der Waals surface area contributed by atoms with Crippen LogP contribution in [0, 0.1) is 0 Å². The van der Waals surface area contributed by atoms with E-state index in [9.17, 15) is 4.79 Å². The van der Waals surface area contributed by atoms with Gasteiger partial charge in [-0.3, -0.25) is 9.36 Å². The van der Waals surface area contributed by atoms with Crippen LogP contribution in [0.25, 0.3) is 15.3 Å². The molecule has 3 rings (SSSR count). The predicted molar refractivity (Wildman–Crippen MR) is 78.3 cm³/mol. The second-order valence-electron chi connectivity index (χ2n) is 4.48. The lowest BCUT2D eigenvalue weighted by Crippen LogP contribution is -2.32. The molecule has 3 aromatic rings. The number of aromatic nitrogens is 2. The first-order chi connectivity index (χ1) is 9.65. The van der Waals surface area contributed by atoms with Crippen molar-refractivity contribution >= 4 is 27.5 Å². The highest BCUT2D eigenvalue weighted by Gasteiger charge is 2.16. The Hall–Kier alpha value is -2.18. The van der Waals surface area contributed by atoms with Crippen molar-refractivity contribution in [1.29, 1.82) is 0 Å². The van der Waals surface area contributed by atoms with Crippen LogP contribution in [0.2, 0.25) is 0 Å². The number of benzene rings is 1. The molecular formula is C14H13N3O2S. The Bertz CT molecular complexity index is 729. The van der Waals surface area contributed by atoms with E-state index in [1.165, 1.54) is 0 Å². The molecule has 0 amide bonds. The van der Waals surface area contributed by atoms with Gasteiger partial charge in [-0.1, -0.05) is 23.5 Å². The third-order valence-corrected chi connectivity index (χ3v) is 4.10. The third kappa shape index (κ3) is 2.31. The lowest BCUT2D eigenvalue weighted by molar-refractivity contribution is -0.138. The van der Waals surface area contributed by atoms with E-state index >= 15 is 0 Å². The molecule has 20 heavy (non-hydrogen) atoms. The van der Waals surface area contributed by atoms with E-state index in [4.69, 9.17) is 10.8 Å². The molecule has 5 nitrogen and oxygen atoms in total. The number of rotatable bonds is 4. The van der Waals surface area contributed by atoms with Crippen molar-refractivity contribution in [2.75, 3.05) is 0 Å². The van der Waals surface area contributed by atoms with Crippen LogP contribution in [0.5, 0.6) is 0 Å². The second-order valence-corrected chi connectivity index (χ2v) is 5.49. The number of hydrogen-bond acceptors (Lipinski definition) is 4. The van der Waals surface area contributed by atoms with E-state index in [0.717, 1.165) is 21.0 Å². The van der Waals surface area contributed by atoms with E-state index in [1.54, 1.807) is 11.3 Å². The molecule has 0 bridgehead atoms. The minimum absolute atomic E-state index is 0.276. The van der Waals surface area contributed by atoms with Gasteiger partial charge in [0.2, 0.25) is 0 Å². The van der Waals surface area contributed by atoms with Gasteiger partial charge in [0.15, 0.2) is 5.13 Å². The van der Waals surface area contributed by atoms with Gasteiger partial charge in [0.05, 0.1) is 10.2 Å². The van der Waals surface area contributed by atoms with Gasteiger partial charge in [0.25, 0.3) is 0 Å². The van der Waals surface area contributed by atoms with Gasteiger partial charge in [-0.25, -0.2) is 4.98 Å². The Morgan fingerprint density at radius 3 is 2.90 bits per heavy atom. The fraction of sp³-hybridized carbons (Fsp3) is 0.143. The predicted octanol–water partition coefficient (Wildman–Crippen LogP) is 2.04. The molecule has 0 saturated carbocycles. The minimum Gasteiger partial charge on any atom is -0.480 e. The minimum atomic E-state index is -0.998. The van der Waals surface area contributed by atoms with Crippen molar-refractivity contribution in [2.24, 2.45) is 5.73 Å². The number of carboxylic acid groups (broad SMARTS) is 1. The number of nitrogens with two attached hydrogens (primary N) is 1. The number of carbonyl (C=O) groups is 1. The summed E-state index contributed by atoms with van der Waals surface area (Å²) in [6, 6.07) is 10.7. The van der Waals surface area contributed by atoms with Crippen LogP contribution in [0.4, 0.5) is 0 Å². The number of carboxylic acids is 1. The summed E-state index contributed by atoms with van der Waals surface area (Å²) >= 11 is 1.57. The first kappa shape index (κ1) is 12.8. The molecule has 6 heteroatoms. The molecule has 0 fully saturated rings. The Kier molecular flexibility index (Phi) is 3.25. The summed E-state index contributed by atoms with van der Waals surface area (Å²) in [5, 5.41) is 9.73. The van der Waals surface area contributed by atoms with Crippen LogP contribution < -0.4 is 5.73 Å². The number of nitrogens with zero attached hydrogens (tertiary/aromatic N) is 2. The molecule has 1 atom stereocenters. The van der Waals surface area contributed by atoms with Crippen molar-refractivity contribution in [3.05, 3.63) is 48.3 Å². The summed E-state index contributed by atoms with van der Waals surface area (Å²) in [5.41, 5.74) is 7.39. The van der Waals surface area contributed by atoms with Gasteiger partial charge in [-0.2, -0.15) is 0 Å². The summed E-state index contributed by atoms with van der Waals surface area (Å²) < 4.78 is 3.00. The Morgan fingerprint density at radius 1 is 1.35 bits per heavy atom. The fourth-order valence-electron chi connectivity index (χ4n) is 2.04.